The monoisotopic (exact) mass is 281 g/mol. The average molecular weight is 281 g/mol. The predicted molar refractivity (Wildman–Crippen MR) is 75.1 cm³/mol. The third-order valence-electron chi connectivity index (χ3n) is 3.32. The molecule has 0 aromatic carbocycles. The molecule has 7 nitrogen and oxygen atoms in total. The Labute approximate surface area is 118 Å². The van der Waals surface area contributed by atoms with Gasteiger partial charge in [0, 0.05) is 12.4 Å². The lowest BCUT2D eigenvalue weighted by Crippen LogP contribution is -2.20. The molecule has 0 radical (unpaired) electrons. The van der Waals surface area contributed by atoms with Crippen LogP contribution in [0.2, 0.25) is 0 Å². The number of aromatic nitrogens is 5. The molecule has 0 atom stereocenters. The lowest BCUT2D eigenvalue weighted by molar-refractivity contribution is 0.490. The van der Waals surface area contributed by atoms with Crippen molar-refractivity contribution in [3.8, 4) is 0 Å². The van der Waals surface area contributed by atoms with Crippen LogP contribution in [0.1, 0.15) is 11.6 Å². The summed E-state index contributed by atoms with van der Waals surface area (Å²) in [5, 5.41) is 4.77. The fourth-order valence-electron chi connectivity index (χ4n) is 2.35. The Kier molecular flexibility index (Phi) is 2.41. The van der Waals surface area contributed by atoms with Crippen LogP contribution in [-0.4, -0.2) is 24.1 Å². The SMILES string of the molecule is Cc1nc2ncc3c(=O)n(Cc4ccco4)ccc3n2n1. The molecule has 4 aromatic rings. The van der Waals surface area contributed by atoms with Crippen LogP contribution in [0, 0.1) is 6.92 Å². The first-order valence-corrected chi connectivity index (χ1v) is 6.46. The number of nitrogens with zero attached hydrogens (tertiary/aromatic N) is 5. The number of fused-ring (bicyclic) bond motifs is 3. The topological polar surface area (TPSA) is 78.2 Å². The molecule has 4 heterocycles. The predicted octanol–water partition coefficient (Wildman–Crippen LogP) is 1.39. The normalized spacial score (nSPS) is 11.5. The summed E-state index contributed by atoms with van der Waals surface area (Å²) < 4.78 is 8.44. The number of hydrogen-bond acceptors (Lipinski definition) is 5. The lowest BCUT2D eigenvalue weighted by Gasteiger charge is -2.05. The Morgan fingerprint density at radius 2 is 2.24 bits per heavy atom. The molecule has 0 N–H and O–H groups in total. The molecule has 4 rings (SSSR count). The van der Waals surface area contributed by atoms with E-state index in [1.807, 2.05) is 12.1 Å². The number of aryl methyl sites for hydroxylation is 1. The first-order chi connectivity index (χ1) is 10.2. The number of furan rings is 1. The van der Waals surface area contributed by atoms with Crippen LogP contribution in [0.3, 0.4) is 0 Å². The number of pyridine rings is 1. The van der Waals surface area contributed by atoms with Gasteiger partial charge >= 0.3 is 0 Å². The van der Waals surface area contributed by atoms with Gasteiger partial charge in [0.15, 0.2) is 0 Å². The second kappa shape index (κ2) is 4.27. The standard InChI is InChI=1S/C14H11N5O2/c1-9-16-14-15-7-11-12(19(14)17-9)4-5-18(13(11)20)8-10-3-2-6-21-10/h2-7H,8H2,1H3. The number of hydrogen-bond donors (Lipinski definition) is 0. The Morgan fingerprint density at radius 3 is 3.05 bits per heavy atom. The Bertz CT molecular complexity index is 997. The molecule has 104 valence electrons. The Balaban J connectivity index is 1.94. The van der Waals surface area contributed by atoms with Gasteiger partial charge in [0.25, 0.3) is 11.3 Å². The highest BCUT2D eigenvalue weighted by atomic mass is 16.3. The van der Waals surface area contributed by atoms with Crippen LogP contribution in [-0.2, 0) is 6.54 Å². The zero-order valence-corrected chi connectivity index (χ0v) is 11.2. The van der Waals surface area contributed by atoms with Gasteiger partial charge in [0.2, 0.25) is 0 Å². The molecule has 0 saturated carbocycles. The van der Waals surface area contributed by atoms with E-state index in [-0.39, 0.29) is 5.56 Å². The van der Waals surface area contributed by atoms with Gasteiger partial charge in [-0.15, -0.1) is 5.10 Å². The third kappa shape index (κ3) is 1.82. The highest BCUT2D eigenvalue weighted by Crippen LogP contribution is 2.11. The van der Waals surface area contributed by atoms with E-state index in [1.54, 1.807) is 40.7 Å². The molecule has 0 unspecified atom stereocenters. The summed E-state index contributed by atoms with van der Waals surface area (Å²) in [7, 11) is 0. The van der Waals surface area contributed by atoms with E-state index >= 15 is 0 Å². The van der Waals surface area contributed by atoms with Crippen molar-refractivity contribution in [3.63, 3.8) is 0 Å². The first kappa shape index (κ1) is 11.8. The van der Waals surface area contributed by atoms with Crippen LogP contribution >= 0.6 is 0 Å². The summed E-state index contributed by atoms with van der Waals surface area (Å²) >= 11 is 0. The van der Waals surface area contributed by atoms with Gasteiger partial charge in [-0.1, -0.05) is 0 Å². The molecule has 0 amide bonds. The van der Waals surface area contributed by atoms with Crippen molar-refractivity contribution >= 4 is 16.7 Å². The van der Waals surface area contributed by atoms with E-state index in [0.717, 1.165) is 5.76 Å². The summed E-state index contributed by atoms with van der Waals surface area (Å²) in [6.07, 6.45) is 4.86. The molecule has 0 spiro atoms. The van der Waals surface area contributed by atoms with E-state index in [1.165, 1.54) is 0 Å². The van der Waals surface area contributed by atoms with Crippen molar-refractivity contribution in [1.29, 1.82) is 0 Å². The van der Waals surface area contributed by atoms with Crippen LogP contribution in [0.25, 0.3) is 16.7 Å². The molecule has 7 heteroatoms. The second-order valence-electron chi connectivity index (χ2n) is 4.76. The van der Waals surface area contributed by atoms with E-state index in [0.29, 0.717) is 29.0 Å². The summed E-state index contributed by atoms with van der Waals surface area (Å²) in [5.41, 5.74) is 0.563. The lowest BCUT2D eigenvalue weighted by atomic mass is 10.3. The second-order valence-corrected chi connectivity index (χ2v) is 4.76. The zero-order chi connectivity index (χ0) is 14.4. The van der Waals surface area contributed by atoms with Gasteiger partial charge in [0.1, 0.15) is 11.6 Å². The first-order valence-electron chi connectivity index (χ1n) is 6.46. The molecule has 0 fully saturated rings. The molecule has 0 aliphatic rings. The molecule has 0 aliphatic carbocycles. The van der Waals surface area contributed by atoms with Crippen molar-refractivity contribution in [2.45, 2.75) is 13.5 Å². The largest absolute Gasteiger partial charge is 0.467 e. The Morgan fingerprint density at radius 1 is 1.33 bits per heavy atom. The minimum atomic E-state index is -0.133. The van der Waals surface area contributed by atoms with Gasteiger partial charge in [-0.25, -0.2) is 4.98 Å². The molecule has 0 saturated heterocycles. The maximum absolute atomic E-state index is 12.5. The van der Waals surface area contributed by atoms with Crippen LogP contribution in [0.15, 0.2) is 46.1 Å². The Hall–Kier alpha value is -2.96. The van der Waals surface area contributed by atoms with Gasteiger partial charge in [-0.05, 0) is 25.1 Å². The van der Waals surface area contributed by atoms with Crippen molar-refractivity contribution in [3.05, 3.63) is 58.8 Å². The number of rotatable bonds is 2. The summed E-state index contributed by atoms with van der Waals surface area (Å²) in [5.74, 6) is 1.83. The average Bonchev–Trinajstić information content (AvgIpc) is 3.10. The van der Waals surface area contributed by atoms with Gasteiger partial charge < -0.3 is 8.98 Å². The fraction of sp³-hybridized carbons (Fsp3) is 0.143. The van der Waals surface area contributed by atoms with Crippen LogP contribution in [0.4, 0.5) is 0 Å². The molecular weight excluding hydrogens is 270 g/mol. The minimum Gasteiger partial charge on any atom is -0.467 e. The van der Waals surface area contributed by atoms with Crippen molar-refractivity contribution in [2.75, 3.05) is 0 Å². The third-order valence-corrected chi connectivity index (χ3v) is 3.32. The highest BCUT2D eigenvalue weighted by Gasteiger charge is 2.10. The molecular formula is C14H11N5O2. The van der Waals surface area contributed by atoms with Crippen LogP contribution < -0.4 is 5.56 Å². The van der Waals surface area contributed by atoms with E-state index in [9.17, 15) is 4.79 Å². The van der Waals surface area contributed by atoms with E-state index < -0.39 is 0 Å². The smallest absolute Gasteiger partial charge is 0.261 e. The molecule has 0 aliphatic heterocycles. The summed E-state index contributed by atoms with van der Waals surface area (Å²) in [6.45, 7) is 2.18. The quantitative estimate of drug-likeness (QED) is 0.555. The zero-order valence-electron chi connectivity index (χ0n) is 11.2. The maximum Gasteiger partial charge on any atom is 0.261 e. The van der Waals surface area contributed by atoms with Gasteiger partial charge in [0.05, 0.1) is 23.7 Å². The van der Waals surface area contributed by atoms with Crippen LogP contribution in [0.5, 0.6) is 0 Å². The highest BCUT2D eigenvalue weighted by molar-refractivity contribution is 5.78. The minimum absolute atomic E-state index is 0.133. The van der Waals surface area contributed by atoms with Gasteiger partial charge in [-0.2, -0.15) is 9.50 Å². The summed E-state index contributed by atoms with van der Waals surface area (Å²) in [4.78, 5) is 20.9. The maximum atomic E-state index is 12.5. The van der Waals surface area contributed by atoms with Crippen molar-refractivity contribution in [1.82, 2.24) is 24.1 Å². The molecule has 4 aromatic heterocycles. The van der Waals surface area contributed by atoms with Crippen molar-refractivity contribution < 1.29 is 4.42 Å². The van der Waals surface area contributed by atoms with Gasteiger partial charge in [-0.3, -0.25) is 4.79 Å². The van der Waals surface area contributed by atoms with Crippen molar-refractivity contribution in [2.24, 2.45) is 0 Å². The summed E-state index contributed by atoms with van der Waals surface area (Å²) in [6, 6.07) is 5.46. The fourth-order valence-corrected chi connectivity index (χ4v) is 2.35. The van der Waals surface area contributed by atoms with E-state index in [4.69, 9.17) is 4.42 Å². The molecule has 0 bridgehead atoms. The van der Waals surface area contributed by atoms with E-state index in [2.05, 4.69) is 15.1 Å². The molecule has 21 heavy (non-hydrogen) atoms.